The normalized spacial score (nSPS) is 11.3. The number of nitrogens with zero attached hydrogens (tertiary/aromatic N) is 1. The highest BCUT2D eigenvalue weighted by molar-refractivity contribution is 9.11. The van der Waals surface area contributed by atoms with Gasteiger partial charge in [0.25, 0.3) is 0 Å². The average molecular weight is 349 g/mol. The zero-order valence-corrected chi connectivity index (χ0v) is 13.8. The van der Waals surface area contributed by atoms with E-state index >= 15 is 0 Å². The van der Waals surface area contributed by atoms with E-state index in [-0.39, 0.29) is 0 Å². The van der Waals surface area contributed by atoms with Crippen LogP contribution in [-0.4, -0.2) is 11.1 Å². The van der Waals surface area contributed by atoms with Gasteiger partial charge in [-0.1, -0.05) is 25.1 Å². The minimum atomic E-state index is 0.923. The van der Waals surface area contributed by atoms with Crippen LogP contribution in [0, 0.1) is 0 Å². The number of nitrogens with one attached hydrogen (secondary N) is 1. The van der Waals surface area contributed by atoms with Crippen molar-refractivity contribution in [2.45, 2.75) is 20.0 Å². The van der Waals surface area contributed by atoms with Crippen LogP contribution in [0.15, 0.2) is 46.4 Å². The molecule has 0 aliphatic rings. The van der Waals surface area contributed by atoms with E-state index in [0.29, 0.717) is 0 Å². The summed E-state index contributed by atoms with van der Waals surface area (Å²) in [6.45, 7) is 4.99. The molecular weight excluding hydrogens is 332 g/mol. The Kier molecular flexibility index (Phi) is 4.24. The number of hydrogen-bond donors (Lipinski definition) is 1. The van der Waals surface area contributed by atoms with Crippen LogP contribution in [0.5, 0.6) is 0 Å². The number of thiophene rings is 1. The number of hydrogen-bond acceptors (Lipinski definition) is 2. The number of aromatic nitrogens is 1. The molecule has 1 N–H and O–H groups in total. The zero-order chi connectivity index (χ0) is 13.9. The Labute approximate surface area is 131 Å². The highest BCUT2D eigenvalue weighted by atomic mass is 79.9. The van der Waals surface area contributed by atoms with Crippen LogP contribution >= 0.6 is 27.3 Å². The second kappa shape index (κ2) is 6.12. The maximum atomic E-state index is 3.53. The largest absolute Gasteiger partial charge is 0.342 e. The molecular formula is C16H17BrN2S. The van der Waals surface area contributed by atoms with Crippen molar-refractivity contribution in [2.75, 3.05) is 6.54 Å². The van der Waals surface area contributed by atoms with Gasteiger partial charge in [0.05, 0.1) is 15.8 Å². The molecule has 0 unspecified atom stereocenters. The van der Waals surface area contributed by atoms with Crippen molar-refractivity contribution in [1.82, 2.24) is 9.88 Å². The van der Waals surface area contributed by atoms with E-state index in [9.17, 15) is 0 Å². The van der Waals surface area contributed by atoms with Crippen molar-refractivity contribution in [3.8, 4) is 0 Å². The number of rotatable bonds is 5. The van der Waals surface area contributed by atoms with Gasteiger partial charge in [0.2, 0.25) is 0 Å². The average Bonchev–Trinajstić information content (AvgIpc) is 3.04. The lowest BCUT2D eigenvalue weighted by Crippen LogP contribution is -2.12. The van der Waals surface area contributed by atoms with Crippen LogP contribution < -0.4 is 5.32 Å². The van der Waals surface area contributed by atoms with Gasteiger partial charge in [-0.2, -0.15) is 0 Å². The lowest BCUT2D eigenvalue weighted by molar-refractivity contribution is 0.724. The molecule has 0 aliphatic heterocycles. The van der Waals surface area contributed by atoms with Gasteiger partial charge in [-0.05, 0) is 51.6 Å². The Morgan fingerprint density at radius 3 is 2.85 bits per heavy atom. The molecule has 0 saturated heterocycles. The summed E-state index contributed by atoms with van der Waals surface area (Å²) in [6, 6.07) is 13.0. The predicted molar refractivity (Wildman–Crippen MR) is 90.4 cm³/mol. The van der Waals surface area contributed by atoms with Crippen LogP contribution in [-0.2, 0) is 13.1 Å². The third kappa shape index (κ3) is 2.82. The Balaban J connectivity index is 1.98. The van der Waals surface area contributed by atoms with E-state index in [4.69, 9.17) is 0 Å². The van der Waals surface area contributed by atoms with Crippen LogP contribution in [0.25, 0.3) is 10.9 Å². The van der Waals surface area contributed by atoms with Gasteiger partial charge in [0.15, 0.2) is 0 Å². The van der Waals surface area contributed by atoms with Crippen molar-refractivity contribution < 1.29 is 0 Å². The maximum absolute atomic E-state index is 3.53. The standard InChI is InChI=1S/C16H17BrN2S/c1-2-18-10-13-5-3-4-12-8-9-19(16(12)13)11-14-6-7-15(17)20-14/h3-9,18H,2,10-11H2,1H3. The van der Waals surface area contributed by atoms with E-state index in [1.165, 1.54) is 25.1 Å². The topological polar surface area (TPSA) is 17.0 Å². The minimum absolute atomic E-state index is 0.923. The molecule has 4 heteroatoms. The fraction of sp³-hybridized carbons (Fsp3) is 0.250. The Morgan fingerprint density at radius 1 is 1.20 bits per heavy atom. The quantitative estimate of drug-likeness (QED) is 0.711. The summed E-state index contributed by atoms with van der Waals surface area (Å²) in [4.78, 5) is 1.37. The van der Waals surface area contributed by atoms with Gasteiger partial charge in [0, 0.05) is 17.6 Å². The molecule has 0 amide bonds. The molecule has 1 aromatic carbocycles. The van der Waals surface area contributed by atoms with Crippen LogP contribution in [0.1, 0.15) is 17.4 Å². The molecule has 20 heavy (non-hydrogen) atoms. The first-order valence-electron chi connectivity index (χ1n) is 6.79. The molecule has 0 fully saturated rings. The molecule has 0 aliphatic carbocycles. The number of fused-ring (bicyclic) bond motifs is 1. The molecule has 3 aromatic rings. The molecule has 0 saturated carbocycles. The van der Waals surface area contributed by atoms with Crippen molar-refractivity contribution >= 4 is 38.2 Å². The van der Waals surface area contributed by atoms with E-state index in [0.717, 1.165) is 19.6 Å². The van der Waals surface area contributed by atoms with Gasteiger partial charge in [0.1, 0.15) is 0 Å². The molecule has 2 heterocycles. The second-order valence-corrected chi connectivity index (χ2v) is 7.33. The molecule has 0 radical (unpaired) electrons. The lowest BCUT2D eigenvalue weighted by Gasteiger charge is -2.09. The SMILES string of the molecule is CCNCc1cccc2ccn(Cc3ccc(Br)s3)c12. The summed E-state index contributed by atoms with van der Waals surface area (Å²) in [7, 11) is 0. The van der Waals surface area contributed by atoms with Crippen LogP contribution in [0.3, 0.4) is 0 Å². The highest BCUT2D eigenvalue weighted by Crippen LogP contribution is 2.26. The summed E-state index contributed by atoms with van der Waals surface area (Å²) < 4.78 is 3.54. The molecule has 2 nitrogen and oxygen atoms in total. The summed E-state index contributed by atoms with van der Waals surface area (Å²) in [5, 5.41) is 4.74. The van der Waals surface area contributed by atoms with E-state index in [1.807, 2.05) is 0 Å². The van der Waals surface area contributed by atoms with Crippen molar-refractivity contribution in [1.29, 1.82) is 0 Å². The van der Waals surface area contributed by atoms with E-state index < -0.39 is 0 Å². The second-order valence-electron chi connectivity index (χ2n) is 4.78. The van der Waals surface area contributed by atoms with Crippen molar-refractivity contribution in [3.63, 3.8) is 0 Å². The van der Waals surface area contributed by atoms with Crippen molar-refractivity contribution in [3.05, 3.63) is 56.8 Å². The molecule has 0 bridgehead atoms. The molecule has 3 rings (SSSR count). The smallest absolute Gasteiger partial charge is 0.0702 e. The van der Waals surface area contributed by atoms with E-state index in [1.54, 1.807) is 11.3 Å². The number of halogens is 1. The Bertz CT molecular complexity index is 714. The summed E-state index contributed by atoms with van der Waals surface area (Å²) in [5.41, 5.74) is 2.71. The van der Waals surface area contributed by atoms with Crippen LogP contribution in [0.2, 0.25) is 0 Å². The zero-order valence-electron chi connectivity index (χ0n) is 11.4. The number of benzene rings is 1. The number of para-hydroxylation sites is 1. The van der Waals surface area contributed by atoms with Gasteiger partial charge >= 0.3 is 0 Å². The Morgan fingerprint density at radius 2 is 2.10 bits per heavy atom. The minimum Gasteiger partial charge on any atom is -0.342 e. The summed E-state index contributed by atoms with van der Waals surface area (Å²) in [6.07, 6.45) is 2.19. The van der Waals surface area contributed by atoms with Gasteiger partial charge in [-0.3, -0.25) is 0 Å². The fourth-order valence-electron chi connectivity index (χ4n) is 2.48. The molecule has 0 atom stereocenters. The maximum Gasteiger partial charge on any atom is 0.0702 e. The molecule has 104 valence electrons. The van der Waals surface area contributed by atoms with E-state index in [2.05, 4.69) is 75.3 Å². The first-order chi connectivity index (χ1) is 9.78. The highest BCUT2D eigenvalue weighted by Gasteiger charge is 2.07. The predicted octanol–water partition coefficient (Wildman–Crippen LogP) is 4.62. The molecule has 2 aromatic heterocycles. The summed E-state index contributed by atoms with van der Waals surface area (Å²) in [5.74, 6) is 0. The molecule has 0 spiro atoms. The summed E-state index contributed by atoms with van der Waals surface area (Å²) >= 11 is 5.33. The van der Waals surface area contributed by atoms with Gasteiger partial charge in [-0.25, -0.2) is 0 Å². The van der Waals surface area contributed by atoms with Gasteiger partial charge < -0.3 is 9.88 Å². The third-order valence-electron chi connectivity index (χ3n) is 3.39. The first kappa shape index (κ1) is 13.9. The third-order valence-corrected chi connectivity index (χ3v) is 5.00. The lowest BCUT2D eigenvalue weighted by atomic mass is 10.1. The van der Waals surface area contributed by atoms with Gasteiger partial charge in [-0.15, -0.1) is 11.3 Å². The first-order valence-corrected chi connectivity index (χ1v) is 8.40. The van der Waals surface area contributed by atoms with Crippen LogP contribution in [0.4, 0.5) is 0 Å². The Hall–Kier alpha value is -1.10. The monoisotopic (exact) mass is 348 g/mol. The van der Waals surface area contributed by atoms with Crippen molar-refractivity contribution in [2.24, 2.45) is 0 Å². The fourth-order valence-corrected chi connectivity index (χ4v) is 3.96.